The van der Waals surface area contributed by atoms with Gasteiger partial charge in [0.2, 0.25) is 5.91 Å². The normalized spacial score (nSPS) is 17.1. The van der Waals surface area contributed by atoms with E-state index in [1.807, 2.05) is 46.4 Å². The van der Waals surface area contributed by atoms with Crippen molar-refractivity contribution in [3.8, 4) is 0 Å². The third-order valence-electron chi connectivity index (χ3n) is 4.81. The zero-order valence-electron chi connectivity index (χ0n) is 17.6. The maximum atomic E-state index is 13.0. The van der Waals surface area contributed by atoms with Crippen LogP contribution in [0, 0.1) is 19.8 Å². The van der Waals surface area contributed by atoms with Gasteiger partial charge in [-0.15, -0.1) is 11.3 Å². The molecule has 0 saturated carbocycles. The highest BCUT2D eigenvalue weighted by Crippen LogP contribution is 2.32. The first-order valence-electron chi connectivity index (χ1n) is 9.70. The average molecular weight is 396 g/mol. The van der Waals surface area contributed by atoms with E-state index < -0.39 is 17.7 Å². The minimum Gasteiger partial charge on any atom is -0.444 e. The fraction of sp³-hybridized carbons (Fsp3) is 0.750. The monoisotopic (exact) mass is 395 g/mol. The number of amides is 2. The number of aromatic nitrogens is 1. The summed E-state index contributed by atoms with van der Waals surface area (Å²) in [5, 5.41) is 3.95. The van der Waals surface area contributed by atoms with Gasteiger partial charge in [-0.3, -0.25) is 4.79 Å². The van der Waals surface area contributed by atoms with Gasteiger partial charge in [-0.25, -0.2) is 9.78 Å². The van der Waals surface area contributed by atoms with E-state index in [1.165, 1.54) is 9.88 Å². The van der Waals surface area contributed by atoms with Crippen LogP contribution in [0.15, 0.2) is 0 Å². The molecule has 152 valence electrons. The molecule has 27 heavy (non-hydrogen) atoms. The molecular weight excluding hydrogens is 362 g/mol. The lowest BCUT2D eigenvalue weighted by Gasteiger charge is -2.35. The Morgan fingerprint density at radius 3 is 2.26 bits per heavy atom. The van der Waals surface area contributed by atoms with E-state index in [2.05, 4.69) is 17.2 Å². The highest BCUT2D eigenvalue weighted by molar-refractivity contribution is 7.11. The molecule has 1 aliphatic heterocycles. The lowest BCUT2D eigenvalue weighted by Crippen LogP contribution is -2.53. The number of aryl methyl sites for hydroxylation is 2. The molecule has 1 fully saturated rings. The number of likely N-dealkylation sites (tertiary alicyclic amines) is 1. The number of carbonyl (C=O) groups is 2. The molecule has 1 aromatic rings. The van der Waals surface area contributed by atoms with Crippen molar-refractivity contribution in [1.29, 1.82) is 0 Å². The molecular formula is C20H33N3O3S. The van der Waals surface area contributed by atoms with Crippen LogP contribution in [0.4, 0.5) is 4.79 Å². The number of ether oxygens (including phenoxy) is 1. The number of alkyl carbamates (subject to hydrolysis) is 1. The first-order chi connectivity index (χ1) is 12.5. The molecule has 7 heteroatoms. The number of carbonyl (C=O) groups excluding carboxylic acids is 2. The first kappa shape index (κ1) is 21.7. The van der Waals surface area contributed by atoms with Gasteiger partial charge in [0.1, 0.15) is 11.6 Å². The lowest BCUT2D eigenvalue weighted by atomic mass is 9.95. The van der Waals surface area contributed by atoms with Crippen molar-refractivity contribution < 1.29 is 14.3 Å². The highest BCUT2D eigenvalue weighted by Gasteiger charge is 2.33. The summed E-state index contributed by atoms with van der Waals surface area (Å²) in [6, 6.07) is -0.569. The molecule has 0 radical (unpaired) electrons. The molecule has 0 spiro atoms. The van der Waals surface area contributed by atoms with E-state index in [9.17, 15) is 9.59 Å². The summed E-state index contributed by atoms with van der Waals surface area (Å²) in [5.74, 6) is 0.385. The fourth-order valence-corrected chi connectivity index (χ4v) is 4.26. The Morgan fingerprint density at radius 2 is 1.81 bits per heavy atom. The largest absolute Gasteiger partial charge is 0.444 e. The Bertz CT molecular complexity index is 651. The molecule has 0 bridgehead atoms. The average Bonchev–Trinajstić information content (AvgIpc) is 2.89. The molecule has 0 aliphatic carbocycles. The zero-order chi connectivity index (χ0) is 20.4. The Labute approximate surface area is 166 Å². The molecule has 2 amide bonds. The third kappa shape index (κ3) is 5.92. The predicted molar refractivity (Wildman–Crippen MR) is 108 cm³/mol. The van der Waals surface area contributed by atoms with Crippen LogP contribution < -0.4 is 5.32 Å². The first-order valence-corrected chi connectivity index (χ1v) is 10.5. The predicted octanol–water partition coefficient (Wildman–Crippen LogP) is 4.02. The molecule has 1 aliphatic rings. The topological polar surface area (TPSA) is 71.5 Å². The van der Waals surface area contributed by atoms with E-state index in [0.717, 1.165) is 18.5 Å². The van der Waals surface area contributed by atoms with Crippen molar-refractivity contribution in [2.75, 3.05) is 13.1 Å². The van der Waals surface area contributed by atoms with E-state index in [1.54, 1.807) is 11.3 Å². The van der Waals surface area contributed by atoms with Crippen molar-refractivity contribution in [3.05, 3.63) is 15.6 Å². The summed E-state index contributed by atoms with van der Waals surface area (Å²) in [7, 11) is 0. The minimum absolute atomic E-state index is 0.00740. The van der Waals surface area contributed by atoms with E-state index >= 15 is 0 Å². The molecule has 0 aromatic carbocycles. The number of piperidine rings is 1. The maximum absolute atomic E-state index is 13.0. The smallest absolute Gasteiger partial charge is 0.408 e. The molecule has 2 heterocycles. The molecule has 1 N–H and O–H groups in total. The van der Waals surface area contributed by atoms with Crippen molar-refractivity contribution in [1.82, 2.24) is 15.2 Å². The van der Waals surface area contributed by atoms with E-state index in [4.69, 9.17) is 4.74 Å². The second-order valence-electron chi connectivity index (χ2n) is 8.66. The van der Waals surface area contributed by atoms with Crippen LogP contribution >= 0.6 is 11.3 Å². The number of hydrogen-bond donors (Lipinski definition) is 1. The summed E-state index contributed by atoms with van der Waals surface area (Å²) >= 11 is 1.77. The van der Waals surface area contributed by atoms with Crippen LogP contribution in [0.25, 0.3) is 0 Å². The van der Waals surface area contributed by atoms with Gasteiger partial charge in [-0.1, -0.05) is 13.8 Å². The van der Waals surface area contributed by atoms with Crippen LogP contribution in [-0.4, -0.2) is 46.6 Å². The van der Waals surface area contributed by atoms with Crippen LogP contribution in [-0.2, 0) is 9.53 Å². The van der Waals surface area contributed by atoms with Gasteiger partial charge in [0.25, 0.3) is 0 Å². The number of nitrogens with one attached hydrogen (secondary N) is 1. The van der Waals surface area contributed by atoms with E-state index in [-0.39, 0.29) is 11.8 Å². The zero-order valence-corrected chi connectivity index (χ0v) is 18.4. The van der Waals surface area contributed by atoms with Crippen LogP contribution in [0.2, 0.25) is 0 Å². The molecule has 1 unspecified atom stereocenters. The van der Waals surface area contributed by atoms with Crippen LogP contribution in [0.1, 0.15) is 69.0 Å². The number of thiazole rings is 1. The summed E-state index contributed by atoms with van der Waals surface area (Å²) in [5.41, 5.74) is 0.520. The quantitative estimate of drug-likeness (QED) is 0.836. The fourth-order valence-electron chi connectivity index (χ4n) is 3.16. The Balaban J connectivity index is 1.96. The van der Waals surface area contributed by atoms with Crippen LogP contribution in [0.3, 0.4) is 0 Å². The second kappa shape index (κ2) is 8.59. The third-order valence-corrected chi connectivity index (χ3v) is 6.04. The van der Waals surface area contributed by atoms with Gasteiger partial charge < -0.3 is 15.0 Å². The number of nitrogens with zero attached hydrogens (tertiary/aromatic N) is 2. The van der Waals surface area contributed by atoms with Gasteiger partial charge in [-0.05, 0) is 53.4 Å². The summed E-state index contributed by atoms with van der Waals surface area (Å²) in [4.78, 5) is 32.9. The maximum Gasteiger partial charge on any atom is 0.408 e. The van der Waals surface area contributed by atoms with Crippen molar-refractivity contribution in [2.24, 2.45) is 5.92 Å². The van der Waals surface area contributed by atoms with Crippen LogP contribution in [0.5, 0.6) is 0 Å². The Morgan fingerprint density at radius 1 is 1.22 bits per heavy atom. The van der Waals surface area contributed by atoms with Gasteiger partial charge in [-0.2, -0.15) is 0 Å². The lowest BCUT2D eigenvalue weighted by molar-refractivity contribution is -0.135. The molecule has 2 rings (SSSR count). The number of rotatable bonds is 4. The number of hydrogen-bond acceptors (Lipinski definition) is 5. The standard InChI is InChI=1S/C20H33N3O3S/c1-12(2)16(22-19(25)26-20(5,6)7)18(24)23-10-8-15(9-11-23)17-21-13(3)14(4)27-17/h12,15-16H,8-11H2,1-7H3,(H,22,25). The van der Waals surface area contributed by atoms with Gasteiger partial charge in [0.05, 0.1) is 10.7 Å². The highest BCUT2D eigenvalue weighted by atomic mass is 32.1. The van der Waals surface area contributed by atoms with Gasteiger partial charge >= 0.3 is 6.09 Å². The summed E-state index contributed by atoms with van der Waals surface area (Å²) < 4.78 is 5.32. The summed E-state index contributed by atoms with van der Waals surface area (Å²) in [6.07, 6.45) is 1.28. The Kier molecular flexibility index (Phi) is 6.89. The van der Waals surface area contributed by atoms with E-state index in [0.29, 0.717) is 19.0 Å². The summed E-state index contributed by atoms with van der Waals surface area (Å²) in [6.45, 7) is 14.8. The molecule has 1 saturated heterocycles. The minimum atomic E-state index is -0.586. The molecule has 1 atom stereocenters. The second-order valence-corrected chi connectivity index (χ2v) is 9.90. The Hall–Kier alpha value is -1.63. The van der Waals surface area contributed by atoms with Gasteiger partial charge in [0.15, 0.2) is 0 Å². The van der Waals surface area contributed by atoms with Crippen molar-refractivity contribution in [2.45, 2.75) is 78.9 Å². The van der Waals surface area contributed by atoms with Crippen molar-refractivity contribution in [3.63, 3.8) is 0 Å². The SMILES string of the molecule is Cc1nc(C2CCN(C(=O)C(NC(=O)OC(C)(C)C)C(C)C)CC2)sc1C. The van der Waals surface area contributed by atoms with Gasteiger partial charge in [0, 0.05) is 23.9 Å². The molecule has 1 aromatic heterocycles. The molecule has 6 nitrogen and oxygen atoms in total. The van der Waals surface area contributed by atoms with Crippen molar-refractivity contribution >= 4 is 23.3 Å².